The molecule has 0 bridgehead atoms. The molecule has 0 saturated carbocycles. The van der Waals surface area contributed by atoms with E-state index in [4.69, 9.17) is 4.52 Å². The molecule has 1 N–H and O–H groups in total. The summed E-state index contributed by atoms with van der Waals surface area (Å²) in [4.78, 5) is 23.2. The van der Waals surface area contributed by atoms with Crippen molar-refractivity contribution in [2.75, 3.05) is 18.4 Å². The molecule has 3 heterocycles. The van der Waals surface area contributed by atoms with Gasteiger partial charge in [0.25, 0.3) is 0 Å². The highest BCUT2D eigenvalue weighted by Gasteiger charge is 2.28. The number of aryl methyl sites for hydroxylation is 1. The molecule has 8 heteroatoms. The Morgan fingerprint density at radius 2 is 2.07 bits per heavy atom. The number of nitrogens with one attached hydrogen (secondary N) is 1. The second-order valence-electron chi connectivity index (χ2n) is 6.82. The van der Waals surface area contributed by atoms with Crippen molar-refractivity contribution in [3.8, 4) is 11.5 Å². The quantitative estimate of drug-likeness (QED) is 0.640. The average molecular weight is 442 g/mol. The maximum atomic E-state index is 12.6. The standard InChI is InChI=1S/C20H20BrN5O2/c1-13-12-15(21)5-6-16(13)23-20(27)26-10-7-14(8-11-26)19-24-18(25-28-19)17-4-2-3-9-22-17/h2-6,9,12,14H,7-8,10-11H2,1H3,(H,23,27). The molecule has 2 aromatic heterocycles. The highest BCUT2D eigenvalue weighted by atomic mass is 79.9. The molecule has 7 nitrogen and oxygen atoms in total. The molecule has 0 aliphatic carbocycles. The minimum atomic E-state index is -0.0800. The zero-order valence-electron chi connectivity index (χ0n) is 15.4. The zero-order chi connectivity index (χ0) is 19.5. The van der Waals surface area contributed by atoms with Crippen LogP contribution in [0.15, 0.2) is 51.6 Å². The summed E-state index contributed by atoms with van der Waals surface area (Å²) in [5.41, 5.74) is 2.54. The fraction of sp³-hybridized carbons (Fsp3) is 0.300. The van der Waals surface area contributed by atoms with Gasteiger partial charge in [0.05, 0.1) is 0 Å². The summed E-state index contributed by atoms with van der Waals surface area (Å²) in [6, 6.07) is 11.3. The normalized spacial score (nSPS) is 14.9. The number of rotatable bonds is 3. The van der Waals surface area contributed by atoms with Crippen LogP contribution >= 0.6 is 15.9 Å². The van der Waals surface area contributed by atoms with Crippen molar-refractivity contribution in [2.24, 2.45) is 0 Å². The Morgan fingerprint density at radius 3 is 2.79 bits per heavy atom. The number of hydrogen-bond donors (Lipinski definition) is 1. The Bertz CT molecular complexity index is 968. The molecular weight excluding hydrogens is 422 g/mol. The second kappa shape index (κ2) is 8.10. The van der Waals surface area contributed by atoms with Crippen molar-refractivity contribution in [2.45, 2.75) is 25.7 Å². The van der Waals surface area contributed by atoms with Crippen LogP contribution in [0.1, 0.15) is 30.2 Å². The third-order valence-corrected chi connectivity index (χ3v) is 5.39. The van der Waals surface area contributed by atoms with Crippen LogP contribution in [-0.2, 0) is 0 Å². The first-order valence-corrected chi connectivity index (χ1v) is 9.96. The number of hydrogen-bond acceptors (Lipinski definition) is 5. The summed E-state index contributed by atoms with van der Waals surface area (Å²) in [5, 5.41) is 7.04. The van der Waals surface area contributed by atoms with E-state index in [-0.39, 0.29) is 11.9 Å². The average Bonchev–Trinajstić information content (AvgIpc) is 3.21. The number of benzene rings is 1. The molecule has 2 amide bonds. The van der Waals surface area contributed by atoms with E-state index in [2.05, 4.69) is 36.4 Å². The van der Waals surface area contributed by atoms with Crippen molar-refractivity contribution in [3.05, 3.63) is 58.5 Å². The lowest BCUT2D eigenvalue weighted by atomic mass is 9.97. The maximum absolute atomic E-state index is 12.6. The number of urea groups is 1. The van der Waals surface area contributed by atoms with Crippen LogP contribution in [0.5, 0.6) is 0 Å². The fourth-order valence-corrected chi connectivity index (χ4v) is 3.77. The van der Waals surface area contributed by atoms with E-state index in [1.807, 2.05) is 48.2 Å². The van der Waals surface area contributed by atoms with Crippen LogP contribution in [0.3, 0.4) is 0 Å². The summed E-state index contributed by atoms with van der Waals surface area (Å²) in [7, 11) is 0. The van der Waals surface area contributed by atoms with Gasteiger partial charge >= 0.3 is 6.03 Å². The van der Waals surface area contributed by atoms with Crippen molar-refractivity contribution in [1.29, 1.82) is 0 Å². The number of piperidine rings is 1. The van der Waals surface area contributed by atoms with Crippen LogP contribution in [0.2, 0.25) is 0 Å². The smallest absolute Gasteiger partial charge is 0.321 e. The number of aromatic nitrogens is 3. The Labute approximate surface area is 171 Å². The Hall–Kier alpha value is -2.74. The Morgan fingerprint density at radius 1 is 1.25 bits per heavy atom. The molecule has 0 atom stereocenters. The molecule has 0 spiro atoms. The molecular formula is C20H20BrN5O2. The van der Waals surface area contributed by atoms with Crippen molar-refractivity contribution >= 4 is 27.6 Å². The van der Waals surface area contributed by atoms with Gasteiger partial charge in [0, 0.05) is 35.4 Å². The molecule has 1 aliphatic heterocycles. The van der Waals surface area contributed by atoms with Gasteiger partial charge in [0.2, 0.25) is 11.7 Å². The van der Waals surface area contributed by atoms with Gasteiger partial charge < -0.3 is 14.7 Å². The number of halogens is 1. The van der Waals surface area contributed by atoms with E-state index in [9.17, 15) is 4.79 Å². The Kier molecular flexibility index (Phi) is 5.38. The Balaban J connectivity index is 1.35. The van der Waals surface area contributed by atoms with Gasteiger partial charge in [-0.05, 0) is 55.7 Å². The number of carbonyl (C=O) groups excluding carboxylic acids is 1. The molecule has 1 saturated heterocycles. The van der Waals surface area contributed by atoms with E-state index in [1.165, 1.54) is 0 Å². The van der Waals surface area contributed by atoms with Gasteiger partial charge in [0.15, 0.2) is 0 Å². The molecule has 144 valence electrons. The number of likely N-dealkylation sites (tertiary alicyclic amines) is 1. The molecule has 0 radical (unpaired) electrons. The summed E-state index contributed by atoms with van der Waals surface area (Å²) in [6.07, 6.45) is 3.28. The lowest BCUT2D eigenvalue weighted by Gasteiger charge is -2.30. The topological polar surface area (TPSA) is 84.2 Å². The van der Waals surface area contributed by atoms with E-state index >= 15 is 0 Å². The maximum Gasteiger partial charge on any atom is 0.321 e. The fourth-order valence-electron chi connectivity index (χ4n) is 3.29. The summed E-state index contributed by atoms with van der Waals surface area (Å²) in [5.74, 6) is 1.27. The van der Waals surface area contributed by atoms with Crippen molar-refractivity contribution < 1.29 is 9.32 Å². The first-order valence-electron chi connectivity index (χ1n) is 9.17. The van der Waals surface area contributed by atoms with Gasteiger partial charge in [-0.3, -0.25) is 4.98 Å². The molecule has 1 aliphatic rings. The lowest BCUT2D eigenvalue weighted by molar-refractivity contribution is 0.187. The van der Waals surface area contributed by atoms with Crippen LogP contribution < -0.4 is 5.32 Å². The summed E-state index contributed by atoms with van der Waals surface area (Å²) in [6.45, 7) is 3.27. The SMILES string of the molecule is Cc1cc(Br)ccc1NC(=O)N1CCC(c2nc(-c3ccccn3)no2)CC1. The van der Waals surface area contributed by atoms with Crippen LogP contribution in [0, 0.1) is 6.92 Å². The first-order chi connectivity index (χ1) is 13.6. The predicted molar refractivity (Wildman–Crippen MR) is 109 cm³/mol. The molecule has 1 fully saturated rings. The lowest BCUT2D eigenvalue weighted by Crippen LogP contribution is -2.40. The number of carbonyl (C=O) groups is 1. The van der Waals surface area contributed by atoms with Crippen LogP contribution in [-0.4, -0.2) is 39.1 Å². The van der Waals surface area contributed by atoms with E-state index in [1.54, 1.807) is 6.20 Å². The minimum absolute atomic E-state index is 0.0800. The molecule has 1 aromatic carbocycles. The monoisotopic (exact) mass is 441 g/mol. The number of anilines is 1. The van der Waals surface area contributed by atoms with Crippen LogP contribution in [0.25, 0.3) is 11.5 Å². The van der Waals surface area contributed by atoms with Gasteiger partial charge in [-0.15, -0.1) is 0 Å². The highest BCUT2D eigenvalue weighted by Crippen LogP contribution is 2.29. The number of amides is 2. The van der Waals surface area contributed by atoms with Crippen molar-refractivity contribution in [1.82, 2.24) is 20.0 Å². The molecule has 0 unspecified atom stereocenters. The molecule has 28 heavy (non-hydrogen) atoms. The first kappa shape index (κ1) is 18.6. The number of nitrogens with zero attached hydrogens (tertiary/aromatic N) is 4. The predicted octanol–water partition coefficient (Wildman–Crippen LogP) is 4.61. The highest BCUT2D eigenvalue weighted by molar-refractivity contribution is 9.10. The van der Waals surface area contributed by atoms with E-state index in [0.29, 0.717) is 30.5 Å². The van der Waals surface area contributed by atoms with E-state index < -0.39 is 0 Å². The molecule has 4 rings (SSSR count). The third kappa shape index (κ3) is 4.06. The summed E-state index contributed by atoms with van der Waals surface area (Å²) < 4.78 is 6.45. The second-order valence-corrected chi connectivity index (χ2v) is 7.74. The molecule has 3 aromatic rings. The zero-order valence-corrected chi connectivity index (χ0v) is 17.0. The van der Waals surface area contributed by atoms with Gasteiger partial charge in [-0.25, -0.2) is 4.79 Å². The largest absolute Gasteiger partial charge is 0.339 e. The number of pyridine rings is 1. The van der Waals surface area contributed by atoms with Crippen molar-refractivity contribution in [3.63, 3.8) is 0 Å². The summed E-state index contributed by atoms with van der Waals surface area (Å²) >= 11 is 3.44. The third-order valence-electron chi connectivity index (χ3n) is 4.90. The van der Waals surface area contributed by atoms with E-state index in [0.717, 1.165) is 28.6 Å². The van der Waals surface area contributed by atoms with Gasteiger partial charge in [-0.2, -0.15) is 4.98 Å². The minimum Gasteiger partial charge on any atom is -0.339 e. The van der Waals surface area contributed by atoms with Gasteiger partial charge in [-0.1, -0.05) is 27.2 Å². The van der Waals surface area contributed by atoms with Gasteiger partial charge in [0.1, 0.15) is 5.69 Å². The van der Waals surface area contributed by atoms with Crippen LogP contribution in [0.4, 0.5) is 10.5 Å².